The molecule has 1 aromatic rings. The molecule has 0 saturated heterocycles. The Morgan fingerprint density at radius 2 is 1.88 bits per heavy atom. The van der Waals surface area contributed by atoms with Crippen molar-refractivity contribution >= 4 is 12.0 Å². The molecule has 0 bridgehead atoms. The molecular formula is C23H41N7O4. The maximum atomic E-state index is 12.3. The Kier molecular flexibility index (Phi) is 8.47. The van der Waals surface area contributed by atoms with E-state index >= 15 is 0 Å². The highest BCUT2D eigenvalue weighted by Gasteiger charge is 2.47. The standard InChI is InChI=1S/C23H41N7O4/c1-10-17(31)25-21(5,6)15-23(8,18-27-28-29-30(18)11-12-33-9)24-16-13-22(7,14-16)26-19(32)34-20(2,3)4/h10,16,24H,1,11-15H2,2-9H3,(H,25,31)(H,26,32). The van der Waals surface area contributed by atoms with Crippen molar-refractivity contribution in [3.8, 4) is 0 Å². The van der Waals surface area contributed by atoms with Gasteiger partial charge in [-0.25, -0.2) is 9.48 Å². The van der Waals surface area contributed by atoms with Gasteiger partial charge in [-0.1, -0.05) is 6.58 Å². The Morgan fingerprint density at radius 1 is 1.24 bits per heavy atom. The van der Waals surface area contributed by atoms with Crippen molar-refractivity contribution in [1.82, 2.24) is 36.2 Å². The summed E-state index contributed by atoms with van der Waals surface area (Å²) in [5, 5.41) is 22.0. The number of rotatable bonds is 11. The van der Waals surface area contributed by atoms with Crippen molar-refractivity contribution in [3.05, 3.63) is 18.5 Å². The molecule has 1 aromatic heterocycles. The molecule has 11 nitrogen and oxygen atoms in total. The molecule has 0 aliphatic heterocycles. The number of aromatic nitrogens is 4. The molecule has 2 rings (SSSR count). The van der Waals surface area contributed by atoms with Crippen LogP contribution in [0.4, 0.5) is 4.79 Å². The molecule has 0 spiro atoms. The minimum absolute atomic E-state index is 0.100. The number of hydrogen-bond acceptors (Lipinski definition) is 8. The SMILES string of the molecule is C=CC(=O)NC(C)(C)CC(C)(NC1CC(C)(NC(=O)OC(C)(C)C)C1)c1nnnn1CCOC. The molecule has 1 unspecified atom stereocenters. The third-order valence-corrected chi connectivity index (χ3v) is 5.69. The van der Waals surface area contributed by atoms with E-state index in [0.717, 1.165) is 0 Å². The molecule has 0 aromatic carbocycles. The molecule has 192 valence electrons. The lowest BCUT2D eigenvalue weighted by molar-refractivity contribution is -0.118. The number of carbonyl (C=O) groups excluding carboxylic acids is 2. The number of nitrogens with one attached hydrogen (secondary N) is 3. The van der Waals surface area contributed by atoms with Crippen LogP contribution in [0.15, 0.2) is 12.7 Å². The Hall–Kier alpha value is -2.53. The summed E-state index contributed by atoms with van der Waals surface area (Å²) in [6.07, 6.45) is 2.77. The molecule has 3 N–H and O–H groups in total. The maximum absolute atomic E-state index is 12.3. The number of carbonyl (C=O) groups is 2. The van der Waals surface area contributed by atoms with Crippen LogP contribution in [0.25, 0.3) is 0 Å². The van der Waals surface area contributed by atoms with Crippen molar-refractivity contribution in [1.29, 1.82) is 0 Å². The van der Waals surface area contributed by atoms with Gasteiger partial charge in [0.05, 0.1) is 18.7 Å². The molecule has 1 aliphatic carbocycles. The van der Waals surface area contributed by atoms with Crippen molar-refractivity contribution in [3.63, 3.8) is 0 Å². The number of hydrogen-bond donors (Lipinski definition) is 3. The van der Waals surface area contributed by atoms with Gasteiger partial charge >= 0.3 is 6.09 Å². The number of tetrazole rings is 1. The minimum Gasteiger partial charge on any atom is -0.444 e. The van der Waals surface area contributed by atoms with E-state index in [0.29, 0.717) is 38.2 Å². The molecule has 0 radical (unpaired) electrons. The zero-order valence-electron chi connectivity index (χ0n) is 21.8. The van der Waals surface area contributed by atoms with Crippen LogP contribution in [0.5, 0.6) is 0 Å². The second kappa shape index (κ2) is 10.4. The first kappa shape index (κ1) is 27.7. The molecule has 11 heteroatoms. The van der Waals surface area contributed by atoms with Gasteiger partial charge in [-0.2, -0.15) is 0 Å². The topological polar surface area (TPSA) is 132 Å². The first-order valence-electron chi connectivity index (χ1n) is 11.6. The first-order chi connectivity index (χ1) is 15.6. The number of ether oxygens (including phenoxy) is 2. The lowest BCUT2D eigenvalue weighted by atomic mass is 9.72. The number of nitrogens with zero attached hydrogens (tertiary/aromatic N) is 4. The smallest absolute Gasteiger partial charge is 0.408 e. The average Bonchev–Trinajstić information content (AvgIpc) is 3.11. The van der Waals surface area contributed by atoms with E-state index in [9.17, 15) is 9.59 Å². The molecule has 1 heterocycles. The first-order valence-corrected chi connectivity index (χ1v) is 11.6. The van der Waals surface area contributed by atoms with Crippen LogP contribution in [0, 0.1) is 0 Å². The van der Waals surface area contributed by atoms with Gasteiger partial charge in [0.1, 0.15) is 5.60 Å². The lowest BCUT2D eigenvalue weighted by Gasteiger charge is -2.50. The Labute approximate surface area is 202 Å². The van der Waals surface area contributed by atoms with Gasteiger partial charge in [0.15, 0.2) is 5.82 Å². The number of amides is 2. The van der Waals surface area contributed by atoms with Gasteiger partial charge in [0.25, 0.3) is 0 Å². The van der Waals surface area contributed by atoms with Gasteiger partial charge in [-0.3, -0.25) is 4.79 Å². The zero-order valence-corrected chi connectivity index (χ0v) is 21.8. The van der Waals surface area contributed by atoms with E-state index in [4.69, 9.17) is 9.47 Å². The quantitative estimate of drug-likeness (QED) is 0.411. The summed E-state index contributed by atoms with van der Waals surface area (Å²) in [6.45, 7) is 18.0. The van der Waals surface area contributed by atoms with Gasteiger partial charge in [-0.15, -0.1) is 5.10 Å². The fraction of sp³-hybridized carbons (Fsp3) is 0.783. The molecule has 2 amide bonds. The predicted molar refractivity (Wildman–Crippen MR) is 128 cm³/mol. The largest absolute Gasteiger partial charge is 0.444 e. The molecule has 1 fully saturated rings. The fourth-order valence-electron chi connectivity index (χ4n) is 4.67. The molecule has 1 atom stereocenters. The van der Waals surface area contributed by atoms with Crippen LogP contribution in [-0.4, -0.2) is 68.6 Å². The summed E-state index contributed by atoms with van der Waals surface area (Å²) in [4.78, 5) is 24.3. The minimum atomic E-state index is -0.674. The highest BCUT2D eigenvalue weighted by molar-refractivity contribution is 5.87. The Balaban J connectivity index is 2.18. The summed E-state index contributed by atoms with van der Waals surface area (Å²) >= 11 is 0. The summed E-state index contributed by atoms with van der Waals surface area (Å²) in [7, 11) is 1.63. The van der Waals surface area contributed by atoms with Crippen LogP contribution in [0.2, 0.25) is 0 Å². The second-order valence-electron chi connectivity index (χ2n) is 11.2. The van der Waals surface area contributed by atoms with Gasteiger partial charge < -0.3 is 25.4 Å². The molecule has 1 saturated carbocycles. The van der Waals surface area contributed by atoms with E-state index in [1.807, 2.05) is 48.5 Å². The molecular weight excluding hydrogens is 438 g/mol. The van der Waals surface area contributed by atoms with Crippen molar-refractivity contribution in [2.45, 2.75) is 103 Å². The summed E-state index contributed by atoms with van der Waals surface area (Å²) in [5.74, 6) is 0.406. The van der Waals surface area contributed by atoms with Crippen LogP contribution >= 0.6 is 0 Å². The summed E-state index contributed by atoms with van der Waals surface area (Å²) in [6, 6.07) is 0.100. The Bertz CT molecular complexity index is 871. The lowest BCUT2D eigenvalue weighted by Crippen LogP contribution is -2.65. The summed E-state index contributed by atoms with van der Waals surface area (Å²) in [5.41, 5.74) is -2.18. The summed E-state index contributed by atoms with van der Waals surface area (Å²) < 4.78 is 12.3. The van der Waals surface area contributed by atoms with Crippen LogP contribution < -0.4 is 16.0 Å². The predicted octanol–water partition coefficient (Wildman–Crippen LogP) is 2.04. The monoisotopic (exact) mass is 479 g/mol. The normalized spacial score (nSPS) is 22.3. The third-order valence-electron chi connectivity index (χ3n) is 5.69. The van der Waals surface area contributed by atoms with Crippen LogP contribution in [0.3, 0.4) is 0 Å². The molecule has 1 aliphatic rings. The second-order valence-corrected chi connectivity index (χ2v) is 11.2. The third kappa shape index (κ3) is 7.76. The highest BCUT2D eigenvalue weighted by Crippen LogP contribution is 2.37. The van der Waals surface area contributed by atoms with E-state index in [-0.39, 0.29) is 17.5 Å². The van der Waals surface area contributed by atoms with Crippen LogP contribution in [0.1, 0.15) is 73.6 Å². The Morgan fingerprint density at radius 3 is 2.44 bits per heavy atom. The van der Waals surface area contributed by atoms with E-state index in [2.05, 4.69) is 38.1 Å². The van der Waals surface area contributed by atoms with Gasteiger partial charge in [0, 0.05) is 24.2 Å². The van der Waals surface area contributed by atoms with E-state index < -0.39 is 22.8 Å². The van der Waals surface area contributed by atoms with E-state index in [1.165, 1.54) is 6.08 Å². The number of methoxy groups -OCH3 is 1. The van der Waals surface area contributed by atoms with Gasteiger partial charge in [-0.05, 0) is 84.2 Å². The van der Waals surface area contributed by atoms with Crippen molar-refractivity contribution in [2.75, 3.05) is 13.7 Å². The maximum Gasteiger partial charge on any atom is 0.408 e. The average molecular weight is 480 g/mol. The van der Waals surface area contributed by atoms with E-state index in [1.54, 1.807) is 11.8 Å². The van der Waals surface area contributed by atoms with Crippen molar-refractivity contribution in [2.24, 2.45) is 0 Å². The van der Waals surface area contributed by atoms with Gasteiger partial charge in [0.2, 0.25) is 5.91 Å². The molecule has 34 heavy (non-hydrogen) atoms. The highest BCUT2D eigenvalue weighted by atomic mass is 16.6. The van der Waals surface area contributed by atoms with Crippen molar-refractivity contribution < 1.29 is 19.1 Å². The fourth-order valence-corrected chi connectivity index (χ4v) is 4.67. The van der Waals surface area contributed by atoms with Crippen LogP contribution in [-0.2, 0) is 26.4 Å². The zero-order chi connectivity index (χ0) is 25.8. The number of alkyl carbamates (subject to hydrolysis) is 1.